The first-order valence-corrected chi connectivity index (χ1v) is 12.2. The summed E-state index contributed by atoms with van der Waals surface area (Å²) in [4.78, 5) is 12.6. The lowest BCUT2D eigenvalue weighted by Gasteiger charge is -2.12. The topological polar surface area (TPSA) is 57.9 Å². The third kappa shape index (κ3) is 9.51. The van der Waals surface area contributed by atoms with Crippen molar-refractivity contribution in [2.24, 2.45) is 0 Å². The van der Waals surface area contributed by atoms with E-state index >= 15 is 0 Å². The molecule has 35 heavy (non-hydrogen) atoms. The fourth-order valence-electron chi connectivity index (χ4n) is 3.48. The van der Waals surface area contributed by atoms with Crippen molar-refractivity contribution >= 4 is 11.0 Å². The fourth-order valence-corrected chi connectivity index (χ4v) is 3.48. The predicted molar refractivity (Wildman–Crippen MR) is 145 cm³/mol. The van der Waals surface area contributed by atoms with Crippen molar-refractivity contribution in [2.45, 2.75) is 67.2 Å². The molecule has 2 rings (SSSR count). The molecule has 5 heteroatoms. The van der Waals surface area contributed by atoms with E-state index < -0.39 is 5.63 Å². The monoisotopic (exact) mass is 480 g/mol. The molecule has 0 saturated carbocycles. The van der Waals surface area contributed by atoms with Gasteiger partial charge in [0.1, 0.15) is 24.5 Å². The van der Waals surface area contributed by atoms with E-state index in [0.29, 0.717) is 29.1 Å². The summed E-state index contributed by atoms with van der Waals surface area (Å²) < 4.78 is 22.7. The minimum absolute atomic E-state index is 0.0805. The van der Waals surface area contributed by atoms with Crippen LogP contribution in [0.3, 0.4) is 0 Å². The summed E-state index contributed by atoms with van der Waals surface area (Å²) in [5, 5.41) is 0.659. The number of hydrogen-bond donors (Lipinski definition) is 0. The minimum Gasteiger partial charge on any atom is -0.492 e. The molecule has 0 radical (unpaired) electrons. The molecule has 0 N–H and O–H groups in total. The van der Waals surface area contributed by atoms with Crippen LogP contribution in [0.5, 0.6) is 17.2 Å². The van der Waals surface area contributed by atoms with Gasteiger partial charge in [-0.3, -0.25) is 0 Å². The Labute approximate surface area is 209 Å². The van der Waals surface area contributed by atoms with Crippen LogP contribution in [0.4, 0.5) is 0 Å². The molecular formula is C30H40O5. The van der Waals surface area contributed by atoms with E-state index in [1.54, 1.807) is 6.07 Å². The highest BCUT2D eigenvalue weighted by atomic mass is 16.5. The highest BCUT2D eigenvalue weighted by molar-refractivity contribution is 5.86. The molecule has 5 nitrogen and oxygen atoms in total. The van der Waals surface area contributed by atoms with Gasteiger partial charge < -0.3 is 18.6 Å². The molecule has 0 bridgehead atoms. The lowest BCUT2D eigenvalue weighted by molar-refractivity contribution is 0.309. The zero-order valence-corrected chi connectivity index (χ0v) is 22.3. The maximum Gasteiger partial charge on any atom is 0.383 e. The van der Waals surface area contributed by atoms with Gasteiger partial charge in [-0.05, 0) is 91.5 Å². The number of methoxy groups -OCH3 is 1. The second kappa shape index (κ2) is 14.2. The number of allylic oxidation sites excluding steroid dienone is 6. The van der Waals surface area contributed by atoms with E-state index in [9.17, 15) is 4.79 Å². The van der Waals surface area contributed by atoms with Crippen molar-refractivity contribution in [3.63, 3.8) is 0 Å². The van der Waals surface area contributed by atoms with Crippen LogP contribution in [0.15, 0.2) is 74.0 Å². The zero-order valence-electron chi connectivity index (χ0n) is 22.3. The van der Waals surface area contributed by atoms with Gasteiger partial charge in [-0.25, -0.2) is 4.79 Å². The molecule has 1 aromatic carbocycles. The van der Waals surface area contributed by atoms with Crippen molar-refractivity contribution in [1.29, 1.82) is 0 Å². The number of hydrogen-bond acceptors (Lipinski definition) is 5. The van der Waals surface area contributed by atoms with Crippen LogP contribution in [-0.4, -0.2) is 20.3 Å². The maximum atomic E-state index is 12.6. The molecule has 0 spiro atoms. The molecular weight excluding hydrogens is 440 g/mol. The fraction of sp³-hybridized carbons (Fsp3) is 0.433. The van der Waals surface area contributed by atoms with E-state index in [-0.39, 0.29) is 12.4 Å². The first-order chi connectivity index (χ1) is 16.7. The Morgan fingerprint density at radius 3 is 1.91 bits per heavy atom. The van der Waals surface area contributed by atoms with Gasteiger partial charge in [0.25, 0.3) is 0 Å². The normalized spacial score (nSPS) is 11.9. The molecule has 190 valence electrons. The molecule has 0 fully saturated rings. The number of ether oxygens (including phenoxy) is 3. The third-order valence-electron chi connectivity index (χ3n) is 5.52. The predicted octanol–water partition coefficient (Wildman–Crippen LogP) is 7.94. The second-order valence-corrected chi connectivity index (χ2v) is 9.27. The average Bonchev–Trinajstić information content (AvgIpc) is 2.78. The SMILES string of the molecule is COc1c(OCC=C(C)CCC=C(C)C)c(=O)oc2cc(OCC=C(C)CCC=C(C)C)ccc12. The molecule has 0 aliphatic rings. The number of benzene rings is 1. The summed E-state index contributed by atoms with van der Waals surface area (Å²) in [6.45, 7) is 13.3. The number of rotatable bonds is 13. The maximum absolute atomic E-state index is 12.6. The van der Waals surface area contributed by atoms with Gasteiger partial charge in [-0.2, -0.15) is 0 Å². The Morgan fingerprint density at radius 1 is 0.800 bits per heavy atom. The first-order valence-electron chi connectivity index (χ1n) is 12.2. The van der Waals surface area contributed by atoms with E-state index in [1.807, 2.05) is 18.2 Å². The zero-order chi connectivity index (χ0) is 25.8. The molecule has 1 heterocycles. The summed E-state index contributed by atoms with van der Waals surface area (Å²) in [6.07, 6.45) is 12.5. The van der Waals surface area contributed by atoms with E-state index in [0.717, 1.165) is 25.7 Å². The second-order valence-electron chi connectivity index (χ2n) is 9.27. The smallest absolute Gasteiger partial charge is 0.383 e. The molecule has 0 saturated heterocycles. The highest BCUT2D eigenvalue weighted by Gasteiger charge is 2.17. The summed E-state index contributed by atoms with van der Waals surface area (Å²) in [5.74, 6) is 1.07. The molecule has 0 aliphatic carbocycles. The quantitative estimate of drug-likeness (QED) is 0.215. The third-order valence-corrected chi connectivity index (χ3v) is 5.52. The number of fused-ring (bicyclic) bond motifs is 1. The standard InChI is InChI=1S/C30H40O5/c1-21(2)10-8-12-23(5)16-18-33-25-14-15-26-27(20-25)35-30(31)29(28(26)32-7)34-19-17-24(6)13-9-11-22(3)4/h10-11,14-17,20H,8-9,12-13,18-19H2,1-7H3. The van der Waals surface area contributed by atoms with Crippen molar-refractivity contribution < 1.29 is 18.6 Å². The van der Waals surface area contributed by atoms with Crippen LogP contribution >= 0.6 is 0 Å². The van der Waals surface area contributed by atoms with Crippen molar-refractivity contribution in [3.8, 4) is 17.2 Å². The van der Waals surface area contributed by atoms with Gasteiger partial charge in [-0.15, -0.1) is 0 Å². The Bertz CT molecular complexity index is 1150. The first kappa shape index (κ1) is 28.0. The van der Waals surface area contributed by atoms with Crippen LogP contribution in [0.1, 0.15) is 67.2 Å². The van der Waals surface area contributed by atoms with E-state index in [4.69, 9.17) is 18.6 Å². The van der Waals surface area contributed by atoms with Crippen LogP contribution in [-0.2, 0) is 0 Å². The Kier molecular flexibility index (Phi) is 11.4. The van der Waals surface area contributed by atoms with Crippen LogP contribution in [0, 0.1) is 0 Å². The average molecular weight is 481 g/mol. The Hall–Kier alpha value is -3.21. The largest absolute Gasteiger partial charge is 0.492 e. The molecule has 0 amide bonds. The molecule has 2 aromatic rings. The van der Waals surface area contributed by atoms with Gasteiger partial charge in [0.2, 0.25) is 5.75 Å². The van der Waals surface area contributed by atoms with Crippen molar-refractivity contribution in [1.82, 2.24) is 0 Å². The van der Waals surface area contributed by atoms with Gasteiger partial charge >= 0.3 is 5.63 Å². The van der Waals surface area contributed by atoms with Gasteiger partial charge in [0, 0.05) is 6.07 Å². The van der Waals surface area contributed by atoms with Gasteiger partial charge in [0.05, 0.1) is 12.5 Å². The van der Waals surface area contributed by atoms with Gasteiger partial charge in [-0.1, -0.05) is 34.4 Å². The minimum atomic E-state index is -0.572. The van der Waals surface area contributed by atoms with E-state index in [2.05, 4.69) is 59.8 Å². The summed E-state index contributed by atoms with van der Waals surface area (Å²) in [5.41, 5.74) is 4.95. The van der Waals surface area contributed by atoms with E-state index in [1.165, 1.54) is 29.4 Å². The molecule has 0 aliphatic heterocycles. The van der Waals surface area contributed by atoms with Crippen molar-refractivity contribution in [2.75, 3.05) is 20.3 Å². The Morgan fingerprint density at radius 2 is 1.37 bits per heavy atom. The lowest BCUT2D eigenvalue weighted by Crippen LogP contribution is -2.09. The summed E-state index contributed by atoms with van der Waals surface area (Å²) in [7, 11) is 1.52. The molecule has 0 atom stereocenters. The van der Waals surface area contributed by atoms with Gasteiger partial charge in [0.15, 0.2) is 5.75 Å². The lowest BCUT2D eigenvalue weighted by atomic mass is 10.1. The van der Waals surface area contributed by atoms with Crippen molar-refractivity contribution in [3.05, 3.63) is 75.2 Å². The van der Waals surface area contributed by atoms with Crippen LogP contribution in [0.25, 0.3) is 11.0 Å². The van der Waals surface area contributed by atoms with Crippen LogP contribution < -0.4 is 19.8 Å². The van der Waals surface area contributed by atoms with Crippen LogP contribution in [0.2, 0.25) is 0 Å². The Balaban J connectivity index is 2.09. The molecule has 1 aromatic heterocycles. The molecule has 0 unspecified atom stereocenters. The highest BCUT2D eigenvalue weighted by Crippen LogP contribution is 2.34. The summed E-state index contributed by atoms with van der Waals surface area (Å²) >= 11 is 0. The summed E-state index contributed by atoms with van der Waals surface area (Å²) in [6, 6.07) is 5.38.